The van der Waals surface area contributed by atoms with Crippen molar-refractivity contribution in [1.29, 1.82) is 0 Å². The van der Waals surface area contributed by atoms with Gasteiger partial charge in [0.2, 0.25) is 5.91 Å². The van der Waals surface area contributed by atoms with Crippen molar-refractivity contribution in [2.24, 2.45) is 17.8 Å². The van der Waals surface area contributed by atoms with Gasteiger partial charge in [-0.05, 0) is 36.8 Å². The van der Waals surface area contributed by atoms with E-state index in [1.807, 2.05) is 30.3 Å². The quantitative estimate of drug-likeness (QED) is 0.682. The van der Waals surface area contributed by atoms with Crippen molar-refractivity contribution >= 4 is 16.8 Å². The number of fused-ring (bicyclic) bond motifs is 3. The maximum absolute atomic E-state index is 12.2. The summed E-state index contributed by atoms with van der Waals surface area (Å²) in [5.74, 6) is 2.16. The predicted molar refractivity (Wildman–Crippen MR) is 89.1 cm³/mol. The van der Waals surface area contributed by atoms with Gasteiger partial charge >= 0.3 is 0 Å². The molecule has 0 spiro atoms. The number of nitrogens with one attached hydrogen (secondary N) is 1. The lowest BCUT2D eigenvalue weighted by molar-refractivity contribution is -0.125. The highest BCUT2D eigenvalue weighted by Gasteiger charge is 2.39. The number of aromatic nitrogens is 1. The third kappa shape index (κ3) is 2.81. The molecule has 4 rings (SSSR count). The molecule has 1 saturated carbocycles. The van der Waals surface area contributed by atoms with Gasteiger partial charge in [-0.15, -0.1) is 0 Å². The van der Waals surface area contributed by atoms with Crippen LogP contribution in [0.5, 0.6) is 5.75 Å². The lowest BCUT2D eigenvalue weighted by atomic mass is 9.93. The summed E-state index contributed by atoms with van der Waals surface area (Å²) in [6, 6.07) is 9.81. The van der Waals surface area contributed by atoms with Gasteiger partial charge in [-0.1, -0.05) is 30.4 Å². The summed E-state index contributed by atoms with van der Waals surface area (Å²) < 4.78 is 5.80. The van der Waals surface area contributed by atoms with Crippen LogP contribution in [0.4, 0.5) is 0 Å². The van der Waals surface area contributed by atoms with E-state index in [0.29, 0.717) is 25.0 Å². The maximum Gasteiger partial charge on any atom is 0.223 e. The van der Waals surface area contributed by atoms with E-state index in [4.69, 9.17) is 4.74 Å². The van der Waals surface area contributed by atoms with Gasteiger partial charge in [-0.2, -0.15) is 0 Å². The predicted octanol–water partition coefficient (Wildman–Crippen LogP) is 2.94. The molecule has 1 amide bonds. The molecular formula is C19H20N2O2. The number of benzene rings is 1. The molecule has 23 heavy (non-hydrogen) atoms. The smallest absolute Gasteiger partial charge is 0.223 e. The Hall–Kier alpha value is -2.36. The van der Waals surface area contributed by atoms with Gasteiger partial charge in [0.15, 0.2) is 0 Å². The fourth-order valence-electron chi connectivity index (χ4n) is 3.74. The Labute approximate surface area is 135 Å². The van der Waals surface area contributed by atoms with E-state index < -0.39 is 0 Å². The Kier molecular flexibility index (Phi) is 3.74. The van der Waals surface area contributed by atoms with E-state index in [1.54, 1.807) is 6.20 Å². The van der Waals surface area contributed by atoms with Crippen molar-refractivity contribution in [3.63, 3.8) is 0 Å². The molecule has 1 aromatic heterocycles. The van der Waals surface area contributed by atoms with Crippen LogP contribution < -0.4 is 10.1 Å². The number of carbonyl (C=O) groups excluding carboxylic acids is 1. The summed E-state index contributed by atoms with van der Waals surface area (Å²) in [5, 5.41) is 4.07. The first-order valence-electron chi connectivity index (χ1n) is 8.24. The normalized spacial score (nSPS) is 25.0. The Balaban J connectivity index is 1.30. The summed E-state index contributed by atoms with van der Waals surface area (Å²) in [6.07, 6.45) is 8.37. The van der Waals surface area contributed by atoms with Crippen molar-refractivity contribution in [2.75, 3.05) is 13.2 Å². The zero-order valence-corrected chi connectivity index (χ0v) is 12.9. The molecule has 118 valence electrons. The van der Waals surface area contributed by atoms with E-state index in [0.717, 1.165) is 29.5 Å². The number of allylic oxidation sites excluding steroid dienone is 2. The highest BCUT2D eigenvalue weighted by molar-refractivity contribution is 5.84. The molecule has 3 atom stereocenters. The van der Waals surface area contributed by atoms with Crippen molar-refractivity contribution in [1.82, 2.24) is 10.3 Å². The Morgan fingerprint density at radius 1 is 1.22 bits per heavy atom. The second kappa shape index (κ2) is 6.03. The summed E-state index contributed by atoms with van der Waals surface area (Å²) in [7, 11) is 0. The van der Waals surface area contributed by atoms with E-state index in [2.05, 4.69) is 22.5 Å². The number of amides is 1. The second-order valence-corrected chi connectivity index (χ2v) is 6.36. The zero-order chi connectivity index (χ0) is 15.6. The molecular weight excluding hydrogens is 288 g/mol. The molecule has 0 unspecified atom stereocenters. The molecule has 2 bridgehead atoms. The summed E-state index contributed by atoms with van der Waals surface area (Å²) >= 11 is 0. The Morgan fingerprint density at radius 3 is 2.96 bits per heavy atom. The number of carbonyl (C=O) groups is 1. The molecule has 1 aromatic carbocycles. The zero-order valence-electron chi connectivity index (χ0n) is 12.9. The van der Waals surface area contributed by atoms with E-state index in [9.17, 15) is 4.79 Å². The van der Waals surface area contributed by atoms with Crippen molar-refractivity contribution in [2.45, 2.75) is 12.8 Å². The van der Waals surface area contributed by atoms with Gasteiger partial charge < -0.3 is 10.1 Å². The van der Waals surface area contributed by atoms with Crippen LogP contribution >= 0.6 is 0 Å². The third-order valence-corrected chi connectivity index (χ3v) is 4.87. The molecule has 2 aliphatic rings. The first kappa shape index (κ1) is 14.2. The molecule has 2 aromatic rings. The Bertz CT molecular complexity index is 751. The first-order valence-corrected chi connectivity index (χ1v) is 8.24. The minimum atomic E-state index is 0.157. The lowest BCUT2D eigenvalue weighted by Crippen LogP contribution is -2.35. The van der Waals surface area contributed by atoms with Gasteiger partial charge in [0.25, 0.3) is 0 Å². The number of pyridine rings is 1. The number of ether oxygens (including phenoxy) is 1. The van der Waals surface area contributed by atoms with Gasteiger partial charge in [0.05, 0.1) is 6.54 Å². The van der Waals surface area contributed by atoms with Crippen molar-refractivity contribution < 1.29 is 9.53 Å². The highest BCUT2D eigenvalue weighted by Crippen LogP contribution is 2.43. The standard InChI is InChI=1S/C19H20N2O2/c22-19(16-12-13-6-7-15(16)11-13)21-9-10-23-17-5-1-3-14-4-2-8-20-18(14)17/h1-8,13,15-16H,9-12H2,(H,21,22)/t13-,15+,16-/m1/s1. The van der Waals surface area contributed by atoms with Crippen LogP contribution in [0.3, 0.4) is 0 Å². The average molecular weight is 308 g/mol. The van der Waals surface area contributed by atoms with Crippen molar-refractivity contribution in [3.05, 3.63) is 48.7 Å². The number of hydrogen-bond donors (Lipinski definition) is 1. The van der Waals surface area contributed by atoms with E-state index in [-0.39, 0.29) is 11.8 Å². The molecule has 1 heterocycles. The molecule has 0 saturated heterocycles. The van der Waals surface area contributed by atoms with Crippen molar-refractivity contribution in [3.8, 4) is 5.75 Å². The van der Waals surface area contributed by atoms with Crippen LogP contribution in [0.1, 0.15) is 12.8 Å². The number of nitrogens with zero attached hydrogens (tertiary/aromatic N) is 1. The minimum absolute atomic E-state index is 0.157. The van der Waals surface area contributed by atoms with Gasteiger partial charge in [0.1, 0.15) is 17.9 Å². The number of rotatable bonds is 5. The first-order chi connectivity index (χ1) is 11.3. The molecule has 0 aliphatic heterocycles. The summed E-state index contributed by atoms with van der Waals surface area (Å²) in [4.78, 5) is 16.6. The molecule has 0 radical (unpaired) electrons. The number of hydrogen-bond acceptors (Lipinski definition) is 3. The summed E-state index contributed by atoms with van der Waals surface area (Å²) in [5.41, 5.74) is 0.861. The maximum atomic E-state index is 12.2. The van der Waals surface area contributed by atoms with Gasteiger partial charge in [0, 0.05) is 17.5 Å². The highest BCUT2D eigenvalue weighted by atomic mass is 16.5. The fraction of sp³-hybridized carbons (Fsp3) is 0.368. The van der Waals surface area contributed by atoms with Crippen LogP contribution in [0.25, 0.3) is 10.9 Å². The van der Waals surface area contributed by atoms with Gasteiger partial charge in [-0.3, -0.25) is 9.78 Å². The lowest BCUT2D eigenvalue weighted by Gasteiger charge is -2.17. The molecule has 2 aliphatic carbocycles. The minimum Gasteiger partial charge on any atom is -0.489 e. The van der Waals surface area contributed by atoms with Gasteiger partial charge in [-0.25, -0.2) is 0 Å². The topological polar surface area (TPSA) is 51.2 Å². The second-order valence-electron chi connectivity index (χ2n) is 6.36. The van der Waals surface area contributed by atoms with Crippen LogP contribution in [0, 0.1) is 17.8 Å². The fourth-order valence-corrected chi connectivity index (χ4v) is 3.74. The van der Waals surface area contributed by atoms with Crippen LogP contribution in [0.15, 0.2) is 48.7 Å². The molecule has 1 N–H and O–H groups in total. The molecule has 4 heteroatoms. The van der Waals surface area contributed by atoms with Crippen LogP contribution in [0.2, 0.25) is 0 Å². The van der Waals surface area contributed by atoms with E-state index >= 15 is 0 Å². The summed E-state index contributed by atoms with van der Waals surface area (Å²) in [6.45, 7) is 0.984. The largest absolute Gasteiger partial charge is 0.489 e. The van der Waals surface area contributed by atoms with Crippen LogP contribution in [-0.4, -0.2) is 24.0 Å². The number of para-hydroxylation sites is 1. The van der Waals surface area contributed by atoms with E-state index in [1.165, 1.54) is 0 Å². The Morgan fingerprint density at radius 2 is 2.13 bits per heavy atom. The SMILES string of the molecule is O=C(NCCOc1cccc2cccnc12)[C@@H]1C[C@@H]2C=C[C@H]1C2. The van der Waals surface area contributed by atoms with Crippen LogP contribution in [-0.2, 0) is 4.79 Å². The third-order valence-electron chi connectivity index (χ3n) is 4.87. The molecule has 1 fully saturated rings. The average Bonchev–Trinajstić information content (AvgIpc) is 3.22. The monoisotopic (exact) mass is 308 g/mol. The molecule has 4 nitrogen and oxygen atoms in total.